The first-order valence-corrected chi connectivity index (χ1v) is 10.2. The number of aromatic nitrogens is 1. The molecule has 9 heteroatoms. The van der Waals surface area contributed by atoms with Crippen LogP contribution in [0.2, 0.25) is 0 Å². The highest BCUT2D eigenvalue weighted by atomic mass is 16.5. The Balaban J connectivity index is 0.000000233. The monoisotopic (exact) mass is 429 g/mol. The quantitative estimate of drug-likeness (QED) is 0.289. The number of H-pyrrole nitrogens is 1. The van der Waals surface area contributed by atoms with E-state index in [0.29, 0.717) is 17.5 Å². The number of rotatable bonds is 5. The minimum absolute atomic E-state index is 0.132. The highest BCUT2D eigenvalue weighted by Crippen LogP contribution is 2.11. The third kappa shape index (κ3) is 7.53. The van der Waals surface area contributed by atoms with Gasteiger partial charge >= 0.3 is 0 Å². The van der Waals surface area contributed by atoms with Gasteiger partial charge in [0.1, 0.15) is 6.61 Å². The standard InChI is InChI=1S/C12H12N4O2.C10H19NO2/c1-13-16-11(14-7-17)10-6-8-4-2-3-5-9(8)12(18)15-10;1-10(2,3)13-8-9(12)11-6-4-5-7-11/h2-7,13H,1H3,(H,15,18)(H,14,16,17);4-8H2,1-3H3. The van der Waals surface area contributed by atoms with E-state index in [1.165, 1.54) is 0 Å². The molecule has 1 aliphatic heterocycles. The van der Waals surface area contributed by atoms with Crippen molar-refractivity contribution in [1.29, 1.82) is 0 Å². The molecule has 9 nitrogen and oxygen atoms in total. The number of likely N-dealkylation sites (tertiary alicyclic amines) is 1. The van der Waals surface area contributed by atoms with Gasteiger partial charge in [0, 0.05) is 25.5 Å². The van der Waals surface area contributed by atoms with Gasteiger partial charge in [0.25, 0.3) is 5.56 Å². The van der Waals surface area contributed by atoms with Gasteiger partial charge in [0.15, 0.2) is 5.84 Å². The van der Waals surface area contributed by atoms with E-state index in [9.17, 15) is 14.4 Å². The molecule has 2 aromatic rings. The van der Waals surface area contributed by atoms with Crippen LogP contribution in [0.25, 0.3) is 10.8 Å². The number of pyridine rings is 1. The number of nitrogens with one attached hydrogen (secondary N) is 3. The van der Waals surface area contributed by atoms with Crippen LogP contribution in [0.1, 0.15) is 39.3 Å². The Morgan fingerprint density at radius 3 is 2.55 bits per heavy atom. The molecule has 1 fully saturated rings. The molecule has 0 saturated carbocycles. The number of carbonyl (C=O) groups excluding carboxylic acids is 2. The number of hydrazone groups is 1. The number of carbonyl (C=O) groups is 2. The van der Waals surface area contributed by atoms with Crippen molar-refractivity contribution in [2.24, 2.45) is 5.10 Å². The number of benzene rings is 1. The van der Waals surface area contributed by atoms with E-state index in [4.69, 9.17) is 4.74 Å². The van der Waals surface area contributed by atoms with Gasteiger partial charge in [-0.15, -0.1) is 0 Å². The predicted octanol–water partition coefficient (Wildman–Crippen LogP) is 1.58. The van der Waals surface area contributed by atoms with E-state index < -0.39 is 0 Å². The summed E-state index contributed by atoms with van der Waals surface area (Å²) in [7, 11) is 1.60. The van der Waals surface area contributed by atoms with Crippen molar-refractivity contribution >= 4 is 28.9 Å². The topological polar surface area (TPSA) is 116 Å². The second-order valence-corrected chi connectivity index (χ2v) is 8.03. The van der Waals surface area contributed by atoms with Crippen LogP contribution in [0, 0.1) is 0 Å². The molecular weight excluding hydrogens is 398 g/mol. The molecule has 0 atom stereocenters. The summed E-state index contributed by atoms with van der Waals surface area (Å²) in [5.41, 5.74) is 2.57. The lowest BCUT2D eigenvalue weighted by Crippen LogP contribution is -2.34. The summed E-state index contributed by atoms with van der Waals surface area (Å²) < 4.78 is 5.41. The molecule has 0 unspecified atom stereocenters. The van der Waals surface area contributed by atoms with E-state index in [0.717, 1.165) is 31.3 Å². The molecule has 3 rings (SSSR count). The van der Waals surface area contributed by atoms with Crippen LogP contribution in [0.5, 0.6) is 0 Å². The van der Waals surface area contributed by atoms with Crippen molar-refractivity contribution < 1.29 is 14.3 Å². The van der Waals surface area contributed by atoms with Gasteiger partial charge in [-0.3, -0.25) is 14.4 Å². The molecule has 2 heterocycles. The SMILES string of the molecule is CC(C)(C)OCC(=O)N1CCCC1.CN/N=C(\NC=O)c1cc2ccccc2c(=O)[nH]1. The van der Waals surface area contributed by atoms with Crippen LogP contribution in [0.3, 0.4) is 0 Å². The smallest absolute Gasteiger partial charge is 0.256 e. The molecular formula is C22H31N5O4. The second kappa shape index (κ2) is 11.3. The van der Waals surface area contributed by atoms with Crippen LogP contribution in [0.15, 0.2) is 40.2 Å². The zero-order valence-electron chi connectivity index (χ0n) is 18.5. The molecule has 31 heavy (non-hydrogen) atoms. The number of hydrogen-bond donors (Lipinski definition) is 3. The van der Waals surface area contributed by atoms with E-state index in [2.05, 4.69) is 20.8 Å². The zero-order valence-corrected chi connectivity index (χ0v) is 18.5. The Morgan fingerprint density at radius 1 is 1.26 bits per heavy atom. The van der Waals surface area contributed by atoms with Crippen molar-refractivity contribution in [2.75, 3.05) is 26.7 Å². The van der Waals surface area contributed by atoms with Gasteiger partial charge in [0.05, 0.1) is 11.3 Å². The van der Waals surface area contributed by atoms with Gasteiger partial charge in [-0.25, -0.2) is 0 Å². The fourth-order valence-electron chi connectivity index (χ4n) is 3.01. The fraction of sp³-hybridized carbons (Fsp3) is 0.455. The summed E-state index contributed by atoms with van der Waals surface area (Å²) in [6.07, 6.45) is 2.78. The van der Waals surface area contributed by atoms with E-state index in [-0.39, 0.29) is 29.5 Å². The summed E-state index contributed by atoms with van der Waals surface area (Å²) in [5, 5.41) is 7.69. The maximum Gasteiger partial charge on any atom is 0.256 e. The van der Waals surface area contributed by atoms with Crippen molar-refractivity contribution in [1.82, 2.24) is 20.6 Å². The normalized spacial score (nSPS) is 14.1. The van der Waals surface area contributed by atoms with Gasteiger partial charge < -0.3 is 25.4 Å². The van der Waals surface area contributed by atoms with Gasteiger partial charge in [0.2, 0.25) is 12.3 Å². The summed E-state index contributed by atoms with van der Waals surface area (Å²) >= 11 is 0. The Kier molecular flexibility index (Phi) is 8.75. The van der Waals surface area contributed by atoms with Crippen molar-refractivity contribution in [3.8, 4) is 0 Å². The molecule has 1 aromatic heterocycles. The summed E-state index contributed by atoms with van der Waals surface area (Å²) in [6, 6.07) is 8.95. The van der Waals surface area contributed by atoms with Crippen LogP contribution >= 0.6 is 0 Å². The van der Waals surface area contributed by atoms with E-state index in [1.54, 1.807) is 25.2 Å². The third-order valence-corrected chi connectivity index (χ3v) is 4.52. The number of hydrogen-bond acceptors (Lipinski definition) is 6. The minimum Gasteiger partial charge on any atom is -0.366 e. The summed E-state index contributed by atoms with van der Waals surface area (Å²) in [6.45, 7) is 7.93. The summed E-state index contributed by atoms with van der Waals surface area (Å²) in [5.74, 6) is 0.391. The number of nitrogens with zero attached hydrogens (tertiary/aromatic N) is 2. The molecule has 168 valence electrons. The lowest BCUT2D eigenvalue weighted by atomic mass is 10.1. The largest absolute Gasteiger partial charge is 0.366 e. The molecule has 0 aliphatic carbocycles. The molecule has 1 aliphatic rings. The zero-order chi connectivity index (χ0) is 22.9. The van der Waals surface area contributed by atoms with Crippen molar-refractivity contribution in [2.45, 2.75) is 39.2 Å². The average Bonchev–Trinajstić information content (AvgIpc) is 3.27. The second-order valence-electron chi connectivity index (χ2n) is 8.03. The number of amides is 2. The molecule has 0 radical (unpaired) electrons. The van der Waals surface area contributed by atoms with Crippen LogP contribution in [-0.4, -0.2) is 60.4 Å². The van der Waals surface area contributed by atoms with E-state index in [1.807, 2.05) is 37.8 Å². The average molecular weight is 430 g/mol. The van der Waals surface area contributed by atoms with Crippen LogP contribution in [-0.2, 0) is 14.3 Å². The van der Waals surface area contributed by atoms with Gasteiger partial charge in [-0.05, 0) is 51.1 Å². The molecule has 0 bridgehead atoms. The first kappa shape index (κ1) is 24.1. The first-order chi connectivity index (χ1) is 14.7. The first-order valence-electron chi connectivity index (χ1n) is 10.2. The molecule has 2 amide bonds. The minimum atomic E-state index is -0.223. The number of aromatic amines is 1. The Hall–Kier alpha value is -3.20. The predicted molar refractivity (Wildman–Crippen MR) is 121 cm³/mol. The lowest BCUT2D eigenvalue weighted by molar-refractivity contribution is -0.139. The third-order valence-electron chi connectivity index (χ3n) is 4.52. The van der Waals surface area contributed by atoms with Gasteiger partial charge in [-0.1, -0.05) is 18.2 Å². The van der Waals surface area contributed by atoms with E-state index >= 15 is 0 Å². The number of ether oxygens (including phenoxy) is 1. The maximum atomic E-state index is 11.9. The highest BCUT2D eigenvalue weighted by molar-refractivity contribution is 6.04. The Bertz CT molecular complexity index is 972. The van der Waals surface area contributed by atoms with Crippen molar-refractivity contribution in [3.63, 3.8) is 0 Å². The Labute approximate surface area is 181 Å². The van der Waals surface area contributed by atoms with Crippen LogP contribution in [0.4, 0.5) is 0 Å². The van der Waals surface area contributed by atoms with Crippen LogP contribution < -0.4 is 16.3 Å². The van der Waals surface area contributed by atoms with Crippen molar-refractivity contribution in [3.05, 3.63) is 46.4 Å². The molecule has 0 spiro atoms. The molecule has 3 N–H and O–H groups in total. The maximum absolute atomic E-state index is 11.9. The highest BCUT2D eigenvalue weighted by Gasteiger charge is 2.20. The lowest BCUT2D eigenvalue weighted by Gasteiger charge is -2.21. The number of amidine groups is 1. The summed E-state index contributed by atoms with van der Waals surface area (Å²) in [4.78, 5) is 38.4. The number of fused-ring (bicyclic) bond motifs is 1. The molecule has 1 aromatic carbocycles. The fourth-order valence-corrected chi connectivity index (χ4v) is 3.01. The Morgan fingerprint density at radius 2 is 1.94 bits per heavy atom. The molecule has 1 saturated heterocycles. The van der Waals surface area contributed by atoms with Gasteiger partial charge in [-0.2, -0.15) is 5.10 Å².